The largest absolute Gasteiger partial charge is 0.393 e. The van der Waals surface area contributed by atoms with Gasteiger partial charge in [-0.2, -0.15) is 0 Å². The van der Waals surface area contributed by atoms with Gasteiger partial charge in [0.05, 0.1) is 29.9 Å². The van der Waals surface area contributed by atoms with Crippen molar-refractivity contribution in [2.75, 3.05) is 7.05 Å². The van der Waals surface area contributed by atoms with E-state index < -0.39 is 0 Å². The van der Waals surface area contributed by atoms with Crippen molar-refractivity contribution >= 4 is 16.9 Å². The van der Waals surface area contributed by atoms with Gasteiger partial charge in [-0.25, -0.2) is 4.79 Å². The Morgan fingerprint density at radius 2 is 2.11 bits per heavy atom. The van der Waals surface area contributed by atoms with Gasteiger partial charge in [0.2, 0.25) is 0 Å². The molecule has 1 aliphatic rings. The fourth-order valence-corrected chi connectivity index (χ4v) is 3.79. The van der Waals surface area contributed by atoms with E-state index in [1.807, 2.05) is 6.07 Å². The molecule has 2 aromatic heterocycles. The number of benzene rings is 1. The van der Waals surface area contributed by atoms with Gasteiger partial charge in [0.1, 0.15) is 0 Å². The van der Waals surface area contributed by atoms with Crippen molar-refractivity contribution < 1.29 is 14.4 Å². The second-order valence-corrected chi connectivity index (χ2v) is 7.13. The maximum Gasteiger partial charge on any atom is 0.326 e. The van der Waals surface area contributed by atoms with Crippen LogP contribution < -0.4 is 5.69 Å². The molecule has 142 valence electrons. The van der Waals surface area contributed by atoms with Gasteiger partial charge in [0.15, 0.2) is 5.76 Å². The Kier molecular flexibility index (Phi) is 4.57. The second kappa shape index (κ2) is 7.03. The molecule has 4 rings (SSSR count). The van der Waals surface area contributed by atoms with Gasteiger partial charge in [-0.05, 0) is 43.9 Å². The first-order valence-corrected chi connectivity index (χ1v) is 9.10. The Labute approximate surface area is 155 Å². The highest BCUT2D eigenvalue weighted by molar-refractivity contribution is 5.97. The van der Waals surface area contributed by atoms with Gasteiger partial charge in [0, 0.05) is 24.7 Å². The Balaban J connectivity index is 1.59. The molecule has 1 fully saturated rings. The molecule has 0 aliphatic heterocycles. The minimum Gasteiger partial charge on any atom is -0.393 e. The molecule has 0 radical (unpaired) electrons. The number of aliphatic hydroxyl groups is 1. The Morgan fingerprint density at radius 3 is 2.81 bits per heavy atom. The summed E-state index contributed by atoms with van der Waals surface area (Å²) in [7, 11) is 1.69. The van der Waals surface area contributed by atoms with Crippen molar-refractivity contribution in [1.82, 2.24) is 19.6 Å². The first-order chi connectivity index (χ1) is 13.0. The average Bonchev–Trinajstić information content (AvgIpc) is 3.28. The minimum absolute atomic E-state index is 0.0744. The minimum atomic E-state index is -0.272. The van der Waals surface area contributed by atoms with Crippen molar-refractivity contribution in [3.8, 4) is 0 Å². The molecule has 0 saturated heterocycles. The van der Waals surface area contributed by atoms with Crippen LogP contribution in [0.3, 0.4) is 0 Å². The molecular formula is C19H22N4O4. The number of hydrogen-bond donors (Lipinski definition) is 2. The van der Waals surface area contributed by atoms with Crippen molar-refractivity contribution in [3.05, 3.63) is 52.3 Å². The number of amides is 1. The van der Waals surface area contributed by atoms with Crippen LogP contribution in [0.15, 0.2) is 39.8 Å². The molecule has 8 heteroatoms. The molecule has 8 nitrogen and oxygen atoms in total. The molecule has 27 heavy (non-hydrogen) atoms. The van der Waals surface area contributed by atoms with E-state index in [1.165, 1.54) is 6.20 Å². The number of H-pyrrole nitrogens is 1. The van der Waals surface area contributed by atoms with E-state index in [9.17, 15) is 14.7 Å². The molecule has 3 aromatic rings. The van der Waals surface area contributed by atoms with Gasteiger partial charge in [-0.1, -0.05) is 5.16 Å². The summed E-state index contributed by atoms with van der Waals surface area (Å²) in [6.07, 6.45) is 4.21. The van der Waals surface area contributed by atoms with E-state index in [0.717, 1.165) is 18.4 Å². The molecular weight excluding hydrogens is 348 g/mol. The number of aromatic nitrogens is 3. The van der Waals surface area contributed by atoms with Crippen LogP contribution in [-0.4, -0.2) is 43.8 Å². The van der Waals surface area contributed by atoms with Crippen molar-refractivity contribution in [1.29, 1.82) is 0 Å². The van der Waals surface area contributed by atoms with Crippen molar-refractivity contribution in [2.24, 2.45) is 0 Å². The van der Waals surface area contributed by atoms with Gasteiger partial charge in [-0.15, -0.1) is 0 Å². The maximum atomic E-state index is 12.7. The third-order valence-corrected chi connectivity index (χ3v) is 5.23. The zero-order chi connectivity index (χ0) is 19.0. The summed E-state index contributed by atoms with van der Waals surface area (Å²) in [5.74, 6) is 0.439. The average molecular weight is 370 g/mol. The number of fused-ring (bicyclic) bond motifs is 1. The lowest BCUT2D eigenvalue weighted by Gasteiger charge is -2.26. The van der Waals surface area contributed by atoms with Crippen LogP contribution in [0.1, 0.15) is 47.8 Å². The summed E-state index contributed by atoms with van der Waals surface area (Å²) in [5.41, 5.74) is 1.75. The maximum absolute atomic E-state index is 12.7. The number of nitrogens with zero attached hydrogens (tertiary/aromatic N) is 3. The zero-order valence-electron chi connectivity index (χ0n) is 15.1. The van der Waals surface area contributed by atoms with Crippen LogP contribution in [0.5, 0.6) is 0 Å². The van der Waals surface area contributed by atoms with E-state index >= 15 is 0 Å². The summed E-state index contributed by atoms with van der Waals surface area (Å²) in [4.78, 5) is 29.6. The lowest BCUT2D eigenvalue weighted by molar-refractivity contribution is 0.0772. The monoisotopic (exact) mass is 370 g/mol. The Hall–Kier alpha value is -2.87. The number of imidazole rings is 1. The Bertz CT molecular complexity index is 997. The molecule has 1 saturated carbocycles. The predicted molar refractivity (Wildman–Crippen MR) is 98.4 cm³/mol. The highest BCUT2D eigenvalue weighted by Gasteiger charge is 2.24. The summed E-state index contributed by atoms with van der Waals surface area (Å²) >= 11 is 0. The Morgan fingerprint density at radius 1 is 1.33 bits per heavy atom. The van der Waals surface area contributed by atoms with Crippen molar-refractivity contribution in [3.63, 3.8) is 0 Å². The number of carbonyl (C=O) groups excluding carboxylic acids is 1. The highest BCUT2D eigenvalue weighted by atomic mass is 16.5. The normalized spacial score (nSPS) is 20.1. The molecule has 0 bridgehead atoms. The van der Waals surface area contributed by atoms with E-state index in [2.05, 4.69) is 10.1 Å². The van der Waals surface area contributed by atoms with E-state index in [4.69, 9.17) is 4.52 Å². The number of aliphatic hydroxyl groups excluding tert-OH is 1. The summed E-state index contributed by atoms with van der Waals surface area (Å²) in [6.45, 7) is 0.318. The predicted octanol–water partition coefficient (Wildman–Crippen LogP) is 2.07. The number of rotatable bonds is 4. The van der Waals surface area contributed by atoms with Crippen LogP contribution in [0.2, 0.25) is 0 Å². The second-order valence-electron chi connectivity index (χ2n) is 7.13. The third-order valence-electron chi connectivity index (χ3n) is 5.23. The molecule has 0 unspecified atom stereocenters. The van der Waals surface area contributed by atoms with E-state index in [1.54, 1.807) is 34.7 Å². The molecule has 1 amide bonds. The van der Waals surface area contributed by atoms with Crippen molar-refractivity contribution in [2.45, 2.75) is 44.4 Å². The SMILES string of the molecule is CN(Cc1ccno1)C(=O)c1ccc2c(c1)[nH]c(=O)n2C1CCC(O)CC1. The lowest BCUT2D eigenvalue weighted by Crippen LogP contribution is -2.27. The molecule has 2 N–H and O–H groups in total. The molecule has 2 heterocycles. The standard InChI is InChI=1S/C19H22N4O4/c1-22(11-15-8-9-20-27-15)18(25)12-2-7-17-16(10-12)21-19(26)23(17)13-3-5-14(24)6-4-13/h2,7-10,13-14,24H,3-6,11H2,1H3,(H,21,26). The lowest BCUT2D eigenvalue weighted by atomic mass is 9.93. The van der Waals surface area contributed by atoms with Crippen LogP contribution in [0, 0.1) is 0 Å². The number of nitrogens with one attached hydrogen (secondary N) is 1. The number of hydrogen-bond acceptors (Lipinski definition) is 5. The van der Waals surface area contributed by atoms with Gasteiger partial charge in [-0.3, -0.25) is 9.36 Å². The van der Waals surface area contributed by atoms with Gasteiger partial charge >= 0.3 is 5.69 Å². The number of carbonyl (C=O) groups is 1. The molecule has 0 spiro atoms. The van der Waals surface area contributed by atoms with E-state index in [-0.39, 0.29) is 23.7 Å². The molecule has 1 aromatic carbocycles. The van der Waals surface area contributed by atoms with Crippen LogP contribution in [0.25, 0.3) is 11.0 Å². The first-order valence-electron chi connectivity index (χ1n) is 9.10. The summed E-state index contributed by atoms with van der Waals surface area (Å²) < 4.78 is 6.80. The first kappa shape index (κ1) is 17.5. The van der Waals surface area contributed by atoms with Gasteiger partial charge in [0.25, 0.3) is 5.91 Å². The number of aromatic amines is 1. The van der Waals surface area contributed by atoms with Crippen LogP contribution >= 0.6 is 0 Å². The zero-order valence-corrected chi connectivity index (χ0v) is 15.1. The summed E-state index contributed by atoms with van der Waals surface area (Å²) in [6, 6.07) is 7.05. The van der Waals surface area contributed by atoms with Gasteiger partial charge < -0.3 is 19.5 Å². The summed E-state index contributed by atoms with van der Waals surface area (Å²) in [5, 5.41) is 13.3. The molecule has 1 aliphatic carbocycles. The topological polar surface area (TPSA) is 104 Å². The fraction of sp³-hybridized carbons (Fsp3) is 0.421. The van der Waals surface area contributed by atoms with E-state index in [0.29, 0.717) is 36.2 Å². The van der Waals surface area contributed by atoms with Crippen LogP contribution in [0.4, 0.5) is 0 Å². The third kappa shape index (κ3) is 3.40. The fourth-order valence-electron chi connectivity index (χ4n) is 3.79. The smallest absolute Gasteiger partial charge is 0.326 e. The quantitative estimate of drug-likeness (QED) is 0.731. The van der Waals surface area contributed by atoms with Crippen LogP contribution in [-0.2, 0) is 6.54 Å². The highest BCUT2D eigenvalue weighted by Crippen LogP contribution is 2.30. The molecule has 0 atom stereocenters.